The summed E-state index contributed by atoms with van der Waals surface area (Å²) in [5, 5.41) is 18.0. The van der Waals surface area contributed by atoms with E-state index in [-0.39, 0.29) is 5.75 Å². The van der Waals surface area contributed by atoms with Crippen molar-refractivity contribution in [1.29, 1.82) is 0 Å². The van der Waals surface area contributed by atoms with Gasteiger partial charge in [-0.3, -0.25) is 4.57 Å². The van der Waals surface area contributed by atoms with Gasteiger partial charge in [0.2, 0.25) is 5.95 Å². The van der Waals surface area contributed by atoms with Crippen LogP contribution in [-0.4, -0.2) is 34.0 Å². The van der Waals surface area contributed by atoms with Crippen molar-refractivity contribution in [2.75, 3.05) is 19.1 Å². The SMILES string of the molecule is COc1ccc(N(C)c2nnc(Cc3ccc(O)cc3)n2C)cc1. The minimum absolute atomic E-state index is 0.261. The van der Waals surface area contributed by atoms with E-state index in [1.54, 1.807) is 19.2 Å². The molecule has 1 aromatic heterocycles. The fourth-order valence-electron chi connectivity index (χ4n) is 2.52. The largest absolute Gasteiger partial charge is 0.508 e. The first-order chi connectivity index (χ1) is 11.6. The van der Waals surface area contributed by atoms with Crippen molar-refractivity contribution in [1.82, 2.24) is 14.8 Å². The molecule has 0 radical (unpaired) electrons. The second-order valence-electron chi connectivity index (χ2n) is 5.58. The van der Waals surface area contributed by atoms with Crippen molar-refractivity contribution in [3.05, 3.63) is 59.9 Å². The first-order valence-electron chi connectivity index (χ1n) is 7.62. The predicted octanol–water partition coefficient (Wildman–Crippen LogP) is 2.89. The lowest BCUT2D eigenvalue weighted by molar-refractivity contribution is 0.415. The average molecular weight is 324 g/mol. The normalized spacial score (nSPS) is 10.6. The van der Waals surface area contributed by atoms with Gasteiger partial charge in [0, 0.05) is 26.2 Å². The summed E-state index contributed by atoms with van der Waals surface area (Å²) in [6.07, 6.45) is 0.653. The molecule has 0 atom stereocenters. The lowest BCUT2D eigenvalue weighted by atomic mass is 10.1. The Morgan fingerprint density at radius 2 is 1.71 bits per heavy atom. The number of nitrogens with zero attached hydrogens (tertiary/aromatic N) is 4. The van der Waals surface area contributed by atoms with E-state index in [1.807, 2.05) is 60.0 Å². The van der Waals surface area contributed by atoms with E-state index < -0.39 is 0 Å². The van der Waals surface area contributed by atoms with Gasteiger partial charge in [-0.1, -0.05) is 12.1 Å². The molecule has 124 valence electrons. The third-order valence-electron chi connectivity index (χ3n) is 4.00. The van der Waals surface area contributed by atoms with Crippen LogP contribution in [0.15, 0.2) is 48.5 Å². The van der Waals surface area contributed by atoms with Gasteiger partial charge in [-0.2, -0.15) is 0 Å². The zero-order valence-electron chi connectivity index (χ0n) is 14.0. The van der Waals surface area contributed by atoms with Gasteiger partial charge < -0.3 is 14.7 Å². The number of methoxy groups -OCH3 is 1. The van der Waals surface area contributed by atoms with Crippen LogP contribution in [-0.2, 0) is 13.5 Å². The molecule has 0 saturated carbocycles. The summed E-state index contributed by atoms with van der Waals surface area (Å²) in [6.45, 7) is 0. The molecule has 6 heteroatoms. The van der Waals surface area contributed by atoms with Crippen LogP contribution >= 0.6 is 0 Å². The summed E-state index contributed by atoms with van der Waals surface area (Å²) in [6, 6.07) is 14.9. The van der Waals surface area contributed by atoms with Crippen molar-refractivity contribution in [2.45, 2.75) is 6.42 Å². The van der Waals surface area contributed by atoms with Gasteiger partial charge in [-0.15, -0.1) is 10.2 Å². The van der Waals surface area contributed by atoms with Crippen molar-refractivity contribution >= 4 is 11.6 Å². The molecule has 2 aromatic carbocycles. The highest BCUT2D eigenvalue weighted by molar-refractivity contribution is 5.57. The third-order valence-corrected chi connectivity index (χ3v) is 4.00. The molecule has 0 aliphatic carbocycles. The molecule has 0 fully saturated rings. The van der Waals surface area contributed by atoms with E-state index in [0.29, 0.717) is 6.42 Å². The maximum atomic E-state index is 9.37. The number of hydrogen-bond donors (Lipinski definition) is 1. The highest BCUT2D eigenvalue weighted by Crippen LogP contribution is 2.24. The Labute approximate surface area is 140 Å². The minimum Gasteiger partial charge on any atom is -0.508 e. The maximum absolute atomic E-state index is 9.37. The van der Waals surface area contributed by atoms with E-state index in [2.05, 4.69) is 10.2 Å². The van der Waals surface area contributed by atoms with Crippen LogP contribution in [0.25, 0.3) is 0 Å². The molecule has 0 spiro atoms. The number of rotatable bonds is 5. The second kappa shape index (κ2) is 6.62. The smallest absolute Gasteiger partial charge is 0.231 e. The summed E-state index contributed by atoms with van der Waals surface area (Å²) in [5.41, 5.74) is 2.07. The molecule has 1 heterocycles. The fraction of sp³-hybridized carbons (Fsp3) is 0.222. The van der Waals surface area contributed by atoms with Crippen LogP contribution in [0.4, 0.5) is 11.6 Å². The molecule has 0 aliphatic rings. The van der Waals surface area contributed by atoms with Gasteiger partial charge in [-0.25, -0.2) is 0 Å². The van der Waals surface area contributed by atoms with E-state index in [9.17, 15) is 5.11 Å². The monoisotopic (exact) mass is 324 g/mol. The zero-order valence-corrected chi connectivity index (χ0v) is 14.0. The number of anilines is 2. The Morgan fingerprint density at radius 3 is 2.33 bits per heavy atom. The third kappa shape index (κ3) is 3.17. The fourth-order valence-corrected chi connectivity index (χ4v) is 2.52. The number of aromatic hydroxyl groups is 1. The van der Waals surface area contributed by atoms with Crippen LogP contribution in [0.2, 0.25) is 0 Å². The van der Waals surface area contributed by atoms with Crippen LogP contribution in [0.5, 0.6) is 11.5 Å². The van der Waals surface area contributed by atoms with E-state index in [1.165, 1.54) is 0 Å². The first-order valence-corrected chi connectivity index (χ1v) is 7.62. The number of aromatic nitrogens is 3. The lowest BCUT2D eigenvalue weighted by Crippen LogP contribution is -2.15. The van der Waals surface area contributed by atoms with E-state index in [0.717, 1.165) is 28.8 Å². The highest BCUT2D eigenvalue weighted by Gasteiger charge is 2.14. The van der Waals surface area contributed by atoms with Gasteiger partial charge in [-0.05, 0) is 42.0 Å². The molecule has 24 heavy (non-hydrogen) atoms. The number of benzene rings is 2. The topological polar surface area (TPSA) is 63.4 Å². The van der Waals surface area contributed by atoms with Gasteiger partial charge >= 0.3 is 0 Å². The van der Waals surface area contributed by atoms with E-state index >= 15 is 0 Å². The Kier molecular flexibility index (Phi) is 4.37. The molecule has 3 aromatic rings. The molecule has 1 N–H and O–H groups in total. The van der Waals surface area contributed by atoms with Crippen molar-refractivity contribution in [3.8, 4) is 11.5 Å². The lowest BCUT2D eigenvalue weighted by Gasteiger charge is -2.18. The van der Waals surface area contributed by atoms with Gasteiger partial charge in [0.05, 0.1) is 7.11 Å². The molecule has 3 rings (SSSR count). The predicted molar refractivity (Wildman–Crippen MR) is 93.0 cm³/mol. The second-order valence-corrected chi connectivity index (χ2v) is 5.58. The molecule has 0 unspecified atom stereocenters. The number of phenols is 1. The molecule has 0 bridgehead atoms. The molecule has 0 amide bonds. The van der Waals surface area contributed by atoms with Crippen LogP contribution in [0.1, 0.15) is 11.4 Å². The molecular weight excluding hydrogens is 304 g/mol. The highest BCUT2D eigenvalue weighted by atomic mass is 16.5. The summed E-state index contributed by atoms with van der Waals surface area (Å²) in [5.74, 6) is 2.69. The van der Waals surface area contributed by atoms with Crippen LogP contribution in [0.3, 0.4) is 0 Å². The molecule has 0 aliphatic heterocycles. The number of phenolic OH excluding ortho intramolecular Hbond substituents is 1. The maximum Gasteiger partial charge on any atom is 0.231 e. The molecule has 6 nitrogen and oxygen atoms in total. The molecular formula is C18H20N4O2. The Bertz CT molecular complexity index is 810. The zero-order chi connectivity index (χ0) is 17.1. The van der Waals surface area contributed by atoms with Crippen molar-refractivity contribution in [3.63, 3.8) is 0 Å². The first kappa shape index (κ1) is 15.9. The van der Waals surface area contributed by atoms with Crippen molar-refractivity contribution < 1.29 is 9.84 Å². The van der Waals surface area contributed by atoms with Gasteiger partial charge in [0.25, 0.3) is 0 Å². The Hall–Kier alpha value is -3.02. The average Bonchev–Trinajstić information content (AvgIpc) is 2.97. The summed E-state index contributed by atoms with van der Waals surface area (Å²) in [4.78, 5) is 1.98. The standard InChI is InChI=1S/C18H20N4O2/c1-21(14-6-10-16(24-3)11-7-14)18-20-19-17(22(18)2)12-13-4-8-15(23)9-5-13/h4-11,23H,12H2,1-3H3. The summed E-state index contributed by atoms with van der Waals surface area (Å²) < 4.78 is 7.16. The van der Waals surface area contributed by atoms with Crippen LogP contribution in [0, 0.1) is 0 Å². The number of ether oxygens (including phenoxy) is 1. The van der Waals surface area contributed by atoms with Crippen molar-refractivity contribution in [2.24, 2.45) is 7.05 Å². The van der Waals surface area contributed by atoms with Crippen LogP contribution < -0.4 is 9.64 Å². The summed E-state index contributed by atoms with van der Waals surface area (Å²) >= 11 is 0. The molecule has 0 saturated heterocycles. The van der Waals surface area contributed by atoms with Gasteiger partial charge in [0.1, 0.15) is 17.3 Å². The number of hydrogen-bond acceptors (Lipinski definition) is 5. The summed E-state index contributed by atoms with van der Waals surface area (Å²) in [7, 11) is 5.55. The van der Waals surface area contributed by atoms with E-state index in [4.69, 9.17) is 4.74 Å². The Morgan fingerprint density at radius 1 is 1.04 bits per heavy atom. The quantitative estimate of drug-likeness (QED) is 0.782. The van der Waals surface area contributed by atoms with Gasteiger partial charge in [0.15, 0.2) is 0 Å². The minimum atomic E-state index is 0.261. The Balaban J connectivity index is 1.81.